The van der Waals surface area contributed by atoms with Gasteiger partial charge in [0.05, 0.1) is 13.1 Å². The van der Waals surface area contributed by atoms with Gasteiger partial charge in [0.15, 0.2) is 5.69 Å². The van der Waals surface area contributed by atoms with Crippen LogP contribution in [0.1, 0.15) is 24.3 Å². The number of anilines is 1. The van der Waals surface area contributed by atoms with Gasteiger partial charge in [-0.15, -0.1) is 0 Å². The number of primary amides is 1. The quantitative estimate of drug-likeness (QED) is 0.604. The molecule has 0 bridgehead atoms. The highest BCUT2D eigenvalue weighted by atomic mass is 16.5. The average Bonchev–Trinajstić information content (AvgIpc) is 3.10. The van der Waals surface area contributed by atoms with Crippen LogP contribution < -0.4 is 10.6 Å². The summed E-state index contributed by atoms with van der Waals surface area (Å²) in [6.07, 6.45) is 0. The second-order valence-corrected chi connectivity index (χ2v) is 5.60. The van der Waals surface area contributed by atoms with E-state index in [4.69, 9.17) is 15.2 Å². The minimum absolute atomic E-state index is 0.0596. The summed E-state index contributed by atoms with van der Waals surface area (Å²) < 4.78 is 9.97. The fourth-order valence-corrected chi connectivity index (χ4v) is 2.40. The van der Waals surface area contributed by atoms with Gasteiger partial charge in [0, 0.05) is 25.1 Å². The summed E-state index contributed by atoms with van der Waals surface area (Å²) in [5.74, 6) is -1.40. The number of ether oxygens (including phenoxy) is 2. The molecular weight excluding hydrogens is 354 g/mol. The molecule has 0 fully saturated rings. The summed E-state index contributed by atoms with van der Waals surface area (Å²) in [7, 11) is 0. The van der Waals surface area contributed by atoms with Gasteiger partial charge in [-0.05, 0) is 12.1 Å². The Labute approximate surface area is 155 Å². The molecule has 3 N–H and O–H groups in total. The number of amides is 1. The van der Waals surface area contributed by atoms with Gasteiger partial charge in [-0.1, -0.05) is 12.1 Å². The molecule has 144 valence electrons. The number of benzene rings is 1. The van der Waals surface area contributed by atoms with Crippen LogP contribution in [0.15, 0.2) is 24.3 Å². The van der Waals surface area contributed by atoms with E-state index in [-0.39, 0.29) is 30.8 Å². The van der Waals surface area contributed by atoms with E-state index in [1.165, 1.54) is 13.8 Å². The van der Waals surface area contributed by atoms with E-state index in [0.29, 0.717) is 24.3 Å². The van der Waals surface area contributed by atoms with E-state index < -0.39 is 5.91 Å². The van der Waals surface area contributed by atoms with Crippen LogP contribution in [0.25, 0.3) is 11.3 Å². The van der Waals surface area contributed by atoms with Gasteiger partial charge in [0.1, 0.15) is 18.9 Å². The first-order chi connectivity index (χ1) is 12.9. The molecule has 0 aliphatic carbocycles. The molecule has 0 aliphatic rings. The number of nitrogens with zero attached hydrogens (tertiary/aromatic N) is 3. The Morgan fingerprint density at radius 2 is 1.56 bits per heavy atom. The lowest BCUT2D eigenvalue weighted by molar-refractivity contribution is -0.141. The molecule has 2 rings (SSSR count). The lowest BCUT2D eigenvalue weighted by atomic mass is 10.1. The third kappa shape index (κ3) is 5.80. The Morgan fingerprint density at radius 3 is 2.04 bits per heavy atom. The predicted octanol–water partition coefficient (Wildman–Crippen LogP) is 0.503. The highest BCUT2D eigenvalue weighted by Gasteiger charge is 2.16. The lowest BCUT2D eigenvalue weighted by Gasteiger charge is -2.24. The highest BCUT2D eigenvalue weighted by molar-refractivity contribution is 5.96. The summed E-state index contributed by atoms with van der Waals surface area (Å²) >= 11 is 0. The van der Waals surface area contributed by atoms with Gasteiger partial charge in [0.25, 0.3) is 5.91 Å². The number of esters is 2. The fourth-order valence-electron chi connectivity index (χ4n) is 2.40. The summed E-state index contributed by atoms with van der Waals surface area (Å²) in [6.45, 7) is 3.93. The maximum Gasteiger partial charge on any atom is 0.302 e. The molecule has 27 heavy (non-hydrogen) atoms. The molecule has 1 aromatic carbocycles. The van der Waals surface area contributed by atoms with Crippen LogP contribution in [-0.4, -0.2) is 59.6 Å². The fraction of sp³-hybridized carbons (Fsp3) is 0.353. The molecule has 0 spiro atoms. The molecule has 10 heteroatoms. The third-order valence-corrected chi connectivity index (χ3v) is 3.62. The van der Waals surface area contributed by atoms with Gasteiger partial charge < -0.3 is 20.1 Å². The van der Waals surface area contributed by atoms with Crippen molar-refractivity contribution in [3.8, 4) is 11.3 Å². The molecule has 10 nitrogen and oxygen atoms in total. The van der Waals surface area contributed by atoms with Crippen molar-refractivity contribution in [2.24, 2.45) is 5.73 Å². The summed E-state index contributed by atoms with van der Waals surface area (Å²) in [4.78, 5) is 35.2. The number of nitrogens with two attached hydrogens (primary N) is 1. The van der Waals surface area contributed by atoms with E-state index in [9.17, 15) is 14.4 Å². The normalized spacial score (nSPS) is 10.3. The Hall–Kier alpha value is -3.43. The number of rotatable bonds is 9. The molecule has 0 aliphatic heterocycles. The van der Waals surface area contributed by atoms with E-state index in [2.05, 4.69) is 15.4 Å². The smallest absolute Gasteiger partial charge is 0.302 e. The number of nitrogens with one attached hydrogen (secondary N) is 1. The van der Waals surface area contributed by atoms with Gasteiger partial charge in [0.2, 0.25) is 0 Å². The summed E-state index contributed by atoms with van der Waals surface area (Å²) in [5.41, 5.74) is 7.19. The maximum atomic E-state index is 11.4. The Balaban J connectivity index is 2.13. The Kier molecular flexibility index (Phi) is 6.86. The van der Waals surface area contributed by atoms with Gasteiger partial charge >= 0.3 is 11.9 Å². The lowest BCUT2D eigenvalue weighted by Crippen LogP contribution is -2.31. The van der Waals surface area contributed by atoms with Crippen LogP contribution in [-0.2, 0) is 19.1 Å². The van der Waals surface area contributed by atoms with Crippen molar-refractivity contribution < 1.29 is 23.9 Å². The molecule has 0 unspecified atom stereocenters. The van der Waals surface area contributed by atoms with E-state index in [1.54, 1.807) is 12.1 Å². The maximum absolute atomic E-state index is 11.4. The van der Waals surface area contributed by atoms with Crippen LogP contribution in [0.4, 0.5) is 5.69 Å². The molecule has 2 aromatic rings. The number of aromatic nitrogens is 3. The topological polar surface area (TPSA) is 140 Å². The van der Waals surface area contributed by atoms with E-state index >= 15 is 0 Å². The summed E-state index contributed by atoms with van der Waals surface area (Å²) in [5, 5.41) is 10.1. The predicted molar refractivity (Wildman–Crippen MR) is 95.8 cm³/mol. The SMILES string of the molecule is CC(=O)OCCN(CCOC(C)=O)c1ccc(-c2n[nH]nc2C(N)=O)cc1. The van der Waals surface area contributed by atoms with Crippen molar-refractivity contribution >= 4 is 23.5 Å². The molecule has 1 amide bonds. The zero-order valence-electron chi connectivity index (χ0n) is 15.1. The molecule has 0 radical (unpaired) electrons. The van der Waals surface area contributed by atoms with Crippen molar-refractivity contribution in [2.45, 2.75) is 13.8 Å². The molecule has 0 atom stereocenters. The van der Waals surface area contributed by atoms with Crippen LogP contribution in [0, 0.1) is 0 Å². The van der Waals surface area contributed by atoms with Crippen molar-refractivity contribution in [3.05, 3.63) is 30.0 Å². The minimum Gasteiger partial charge on any atom is -0.464 e. The third-order valence-electron chi connectivity index (χ3n) is 3.62. The number of aromatic amines is 1. The van der Waals surface area contributed by atoms with Gasteiger partial charge in [-0.2, -0.15) is 15.4 Å². The zero-order chi connectivity index (χ0) is 19.8. The van der Waals surface area contributed by atoms with Crippen LogP contribution in [0.2, 0.25) is 0 Å². The van der Waals surface area contributed by atoms with Gasteiger partial charge in [-0.25, -0.2) is 0 Å². The molecule has 1 aromatic heterocycles. The first-order valence-corrected chi connectivity index (χ1v) is 8.21. The Morgan fingerprint density at radius 1 is 1.00 bits per heavy atom. The first-order valence-electron chi connectivity index (χ1n) is 8.21. The van der Waals surface area contributed by atoms with Crippen molar-refractivity contribution in [2.75, 3.05) is 31.2 Å². The average molecular weight is 375 g/mol. The van der Waals surface area contributed by atoms with Crippen molar-refractivity contribution in [1.82, 2.24) is 15.4 Å². The number of hydrogen-bond donors (Lipinski definition) is 2. The standard InChI is InChI=1S/C17H21N5O5/c1-11(23)26-9-7-22(8-10-27-12(2)24)14-5-3-13(4-6-14)15-16(17(18)25)20-21-19-15/h3-6H,7-10H2,1-2H3,(H2,18,25)(H,19,20,21). The van der Waals surface area contributed by atoms with E-state index in [0.717, 1.165) is 5.69 Å². The number of H-pyrrole nitrogens is 1. The second-order valence-electron chi connectivity index (χ2n) is 5.60. The monoisotopic (exact) mass is 375 g/mol. The minimum atomic E-state index is -0.674. The van der Waals surface area contributed by atoms with Crippen molar-refractivity contribution in [1.29, 1.82) is 0 Å². The highest BCUT2D eigenvalue weighted by Crippen LogP contribution is 2.23. The van der Waals surface area contributed by atoms with Crippen LogP contribution in [0.5, 0.6) is 0 Å². The van der Waals surface area contributed by atoms with Crippen LogP contribution in [0.3, 0.4) is 0 Å². The number of carbonyl (C=O) groups is 3. The van der Waals surface area contributed by atoms with Gasteiger partial charge in [-0.3, -0.25) is 14.4 Å². The summed E-state index contributed by atoms with van der Waals surface area (Å²) in [6, 6.07) is 7.17. The number of carbonyl (C=O) groups excluding carboxylic acids is 3. The number of hydrogen-bond acceptors (Lipinski definition) is 8. The van der Waals surface area contributed by atoms with Crippen LogP contribution >= 0.6 is 0 Å². The Bertz CT molecular complexity index is 782. The molecule has 1 heterocycles. The molecular formula is C17H21N5O5. The molecule has 0 saturated carbocycles. The molecule has 0 saturated heterocycles. The van der Waals surface area contributed by atoms with Crippen molar-refractivity contribution in [3.63, 3.8) is 0 Å². The largest absolute Gasteiger partial charge is 0.464 e. The zero-order valence-corrected chi connectivity index (χ0v) is 15.1. The second kappa shape index (κ2) is 9.32. The van der Waals surface area contributed by atoms with E-state index in [1.807, 2.05) is 17.0 Å². The first kappa shape index (κ1) is 19.9.